The van der Waals surface area contributed by atoms with Crippen molar-refractivity contribution in [3.05, 3.63) is 24.0 Å². The second-order valence-corrected chi connectivity index (χ2v) is 3.95. The van der Waals surface area contributed by atoms with Crippen molar-refractivity contribution in [2.24, 2.45) is 0 Å². The molecule has 0 aliphatic carbocycles. The van der Waals surface area contributed by atoms with Gasteiger partial charge in [0.05, 0.1) is 11.9 Å². The smallest absolute Gasteiger partial charge is 0.0556 e. The van der Waals surface area contributed by atoms with Crippen molar-refractivity contribution in [1.29, 1.82) is 0 Å². The molecule has 1 rings (SSSR count). The first kappa shape index (κ1) is 10.4. The molecule has 1 heterocycles. The molecule has 0 radical (unpaired) electrons. The number of thioether (sulfide) groups is 1. The summed E-state index contributed by atoms with van der Waals surface area (Å²) in [4.78, 5) is 4.08. The molecule has 0 aliphatic heterocycles. The summed E-state index contributed by atoms with van der Waals surface area (Å²) < 4.78 is 0. The number of rotatable bonds is 5. The minimum absolute atomic E-state index is 1.04. The highest BCUT2D eigenvalue weighted by Gasteiger charge is 1.94. The molecule has 3 heteroatoms. The maximum absolute atomic E-state index is 4.08. The van der Waals surface area contributed by atoms with Crippen LogP contribution in [0, 0.1) is 6.92 Å². The average Bonchev–Trinajstić information content (AvgIpc) is 2.15. The van der Waals surface area contributed by atoms with Gasteiger partial charge in [-0.1, -0.05) is 0 Å². The summed E-state index contributed by atoms with van der Waals surface area (Å²) in [6.07, 6.45) is 7.04. The fourth-order valence-electron chi connectivity index (χ4n) is 1.09. The van der Waals surface area contributed by atoms with Crippen LogP contribution in [-0.2, 0) is 0 Å². The van der Waals surface area contributed by atoms with E-state index in [1.807, 2.05) is 30.2 Å². The molecule has 0 bridgehead atoms. The molecule has 0 unspecified atom stereocenters. The molecule has 0 saturated carbocycles. The van der Waals surface area contributed by atoms with Gasteiger partial charge in [0.2, 0.25) is 0 Å². The first-order chi connectivity index (χ1) is 6.34. The SMILES string of the molecule is CSCCCNc1cnccc1C. The molecule has 72 valence electrons. The predicted molar refractivity (Wildman–Crippen MR) is 60.5 cm³/mol. The lowest BCUT2D eigenvalue weighted by Gasteiger charge is -2.07. The van der Waals surface area contributed by atoms with E-state index in [2.05, 4.69) is 23.5 Å². The van der Waals surface area contributed by atoms with Gasteiger partial charge in [0.1, 0.15) is 0 Å². The quantitative estimate of drug-likeness (QED) is 0.733. The van der Waals surface area contributed by atoms with Gasteiger partial charge >= 0.3 is 0 Å². The zero-order valence-corrected chi connectivity index (χ0v) is 9.03. The molecule has 1 aromatic heterocycles. The van der Waals surface area contributed by atoms with E-state index in [1.54, 1.807) is 0 Å². The van der Waals surface area contributed by atoms with Crippen molar-refractivity contribution in [3.8, 4) is 0 Å². The maximum Gasteiger partial charge on any atom is 0.0556 e. The molecule has 1 N–H and O–H groups in total. The highest BCUT2D eigenvalue weighted by Crippen LogP contribution is 2.11. The Morgan fingerprint density at radius 3 is 3.08 bits per heavy atom. The number of hydrogen-bond donors (Lipinski definition) is 1. The third-order valence-corrected chi connectivity index (χ3v) is 2.58. The second kappa shape index (κ2) is 5.86. The van der Waals surface area contributed by atoms with Gasteiger partial charge in [-0.05, 0) is 37.0 Å². The topological polar surface area (TPSA) is 24.9 Å². The predicted octanol–water partition coefficient (Wildman–Crippen LogP) is 2.56. The number of nitrogens with one attached hydrogen (secondary N) is 1. The van der Waals surface area contributed by atoms with Crippen LogP contribution in [0.3, 0.4) is 0 Å². The number of hydrogen-bond acceptors (Lipinski definition) is 3. The molecule has 0 saturated heterocycles. The third kappa shape index (κ3) is 3.68. The van der Waals surface area contributed by atoms with Gasteiger partial charge in [-0.3, -0.25) is 4.98 Å². The number of aromatic nitrogens is 1. The zero-order valence-electron chi connectivity index (χ0n) is 8.21. The lowest BCUT2D eigenvalue weighted by molar-refractivity contribution is 0.988. The molecular weight excluding hydrogens is 180 g/mol. The fraction of sp³-hybridized carbons (Fsp3) is 0.500. The average molecular weight is 196 g/mol. The molecule has 0 aliphatic rings. The highest BCUT2D eigenvalue weighted by molar-refractivity contribution is 7.98. The standard InChI is InChI=1S/C10H16N2S/c1-9-4-6-11-8-10(9)12-5-3-7-13-2/h4,6,8,12H,3,5,7H2,1-2H3. The minimum atomic E-state index is 1.04. The Labute approximate surface area is 84.1 Å². The van der Waals surface area contributed by atoms with E-state index in [0.29, 0.717) is 0 Å². The Morgan fingerprint density at radius 1 is 1.54 bits per heavy atom. The van der Waals surface area contributed by atoms with Crippen LogP contribution in [0.15, 0.2) is 18.5 Å². The summed E-state index contributed by atoms with van der Waals surface area (Å²) >= 11 is 1.89. The normalized spacial score (nSPS) is 10.0. The van der Waals surface area contributed by atoms with Crippen LogP contribution in [0.5, 0.6) is 0 Å². The van der Waals surface area contributed by atoms with Crippen LogP contribution in [-0.4, -0.2) is 23.5 Å². The van der Waals surface area contributed by atoms with Gasteiger partial charge in [0.15, 0.2) is 0 Å². The van der Waals surface area contributed by atoms with Crippen LogP contribution in [0.2, 0.25) is 0 Å². The van der Waals surface area contributed by atoms with Crippen molar-refractivity contribution < 1.29 is 0 Å². The highest BCUT2D eigenvalue weighted by atomic mass is 32.2. The summed E-state index contributed by atoms with van der Waals surface area (Å²) in [5, 5.41) is 3.37. The summed E-state index contributed by atoms with van der Waals surface area (Å²) in [7, 11) is 0. The van der Waals surface area contributed by atoms with Crippen LogP contribution in [0.1, 0.15) is 12.0 Å². The Hall–Kier alpha value is -0.700. The van der Waals surface area contributed by atoms with E-state index < -0.39 is 0 Å². The van der Waals surface area contributed by atoms with Crippen molar-refractivity contribution in [3.63, 3.8) is 0 Å². The number of pyridine rings is 1. The monoisotopic (exact) mass is 196 g/mol. The molecular formula is C10H16N2S. The largest absolute Gasteiger partial charge is 0.384 e. The summed E-state index contributed by atoms with van der Waals surface area (Å²) in [5.74, 6) is 1.21. The van der Waals surface area contributed by atoms with Gasteiger partial charge in [-0.2, -0.15) is 11.8 Å². The Kier molecular flexibility index (Phi) is 4.68. The molecule has 0 spiro atoms. The van der Waals surface area contributed by atoms with Crippen molar-refractivity contribution in [2.45, 2.75) is 13.3 Å². The van der Waals surface area contributed by atoms with E-state index in [9.17, 15) is 0 Å². The number of aryl methyl sites for hydroxylation is 1. The van der Waals surface area contributed by atoms with Gasteiger partial charge in [-0.25, -0.2) is 0 Å². The van der Waals surface area contributed by atoms with E-state index in [1.165, 1.54) is 17.7 Å². The first-order valence-corrected chi connectivity index (χ1v) is 5.87. The van der Waals surface area contributed by atoms with Crippen LogP contribution in [0.25, 0.3) is 0 Å². The summed E-state index contributed by atoms with van der Waals surface area (Å²) in [6.45, 7) is 3.13. The van der Waals surface area contributed by atoms with Gasteiger partial charge < -0.3 is 5.32 Å². The molecule has 0 amide bonds. The maximum atomic E-state index is 4.08. The first-order valence-electron chi connectivity index (χ1n) is 4.48. The van der Waals surface area contributed by atoms with Gasteiger partial charge in [0.25, 0.3) is 0 Å². The summed E-state index contributed by atoms with van der Waals surface area (Å²) in [5.41, 5.74) is 2.42. The summed E-state index contributed by atoms with van der Waals surface area (Å²) in [6, 6.07) is 2.02. The third-order valence-electron chi connectivity index (χ3n) is 1.88. The minimum Gasteiger partial charge on any atom is -0.384 e. The van der Waals surface area contributed by atoms with Crippen molar-refractivity contribution >= 4 is 17.4 Å². The van der Waals surface area contributed by atoms with Gasteiger partial charge in [0, 0.05) is 12.7 Å². The van der Waals surface area contributed by atoms with Gasteiger partial charge in [-0.15, -0.1) is 0 Å². The lowest BCUT2D eigenvalue weighted by atomic mass is 10.2. The Morgan fingerprint density at radius 2 is 2.38 bits per heavy atom. The fourth-order valence-corrected chi connectivity index (χ4v) is 1.52. The molecule has 1 aromatic rings. The van der Waals surface area contributed by atoms with Crippen LogP contribution >= 0.6 is 11.8 Å². The van der Waals surface area contributed by atoms with E-state index in [4.69, 9.17) is 0 Å². The second-order valence-electron chi connectivity index (χ2n) is 2.96. The van der Waals surface area contributed by atoms with Crippen LogP contribution < -0.4 is 5.32 Å². The van der Waals surface area contributed by atoms with E-state index >= 15 is 0 Å². The van der Waals surface area contributed by atoms with Crippen molar-refractivity contribution in [2.75, 3.05) is 23.9 Å². The zero-order chi connectivity index (χ0) is 9.52. The van der Waals surface area contributed by atoms with Crippen LogP contribution in [0.4, 0.5) is 5.69 Å². The molecule has 0 atom stereocenters. The number of anilines is 1. The Balaban J connectivity index is 2.32. The molecule has 0 aromatic carbocycles. The lowest BCUT2D eigenvalue weighted by Crippen LogP contribution is -2.04. The molecule has 2 nitrogen and oxygen atoms in total. The van der Waals surface area contributed by atoms with E-state index in [-0.39, 0.29) is 0 Å². The number of nitrogens with zero attached hydrogens (tertiary/aromatic N) is 1. The molecule has 13 heavy (non-hydrogen) atoms. The molecule has 0 fully saturated rings. The van der Waals surface area contributed by atoms with Crippen molar-refractivity contribution in [1.82, 2.24) is 4.98 Å². The Bertz CT molecular complexity index is 250. The van der Waals surface area contributed by atoms with E-state index in [0.717, 1.165) is 12.2 Å².